The van der Waals surface area contributed by atoms with E-state index >= 15 is 0 Å². The van der Waals surface area contributed by atoms with Gasteiger partial charge in [0.1, 0.15) is 5.69 Å². The van der Waals surface area contributed by atoms with Crippen LogP contribution in [-0.2, 0) is 10.0 Å². The van der Waals surface area contributed by atoms with Gasteiger partial charge in [-0.1, -0.05) is 59.7 Å². The lowest BCUT2D eigenvalue weighted by molar-refractivity contribution is -0.383. The number of anilines is 1. The summed E-state index contributed by atoms with van der Waals surface area (Å²) in [5.41, 5.74) is 2.93. The molecule has 7 heteroatoms. The standard InChI is InChI=1S/C22H30N2O4S/c1-13(2)17-11-18(14(3)4)22(19(12-17)15(5)6)29(27,28)23-20-9-8-16(7)10-21(20)24(25)26/h8-15,23H,1-7H3. The first kappa shape index (κ1) is 22.9. The lowest BCUT2D eigenvalue weighted by Gasteiger charge is -2.23. The van der Waals surface area contributed by atoms with Gasteiger partial charge in [0.2, 0.25) is 0 Å². The summed E-state index contributed by atoms with van der Waals surface area (Å²) in [6.07, 6.45) is 0. The van der Waals surface area contributed by atoms with Crippen molar-refractivity contribution in [3.63, 3.8) is 0 Å². The van der Waals surface area contributed by atoms with Gasteiger partial charge in [0.15, 0.2) is 0 Å². The second kappa shape index (κ2) is 8.53. The summed E-state index contributed by atoms with van der Waals surface area (Å²) >= 11 is 0. The maximum atomic E-state index is 13.5. The summed E-state index contributed by atoms with van der Waals surface area (Å²) in [6.45, 7) is 13.7. The number of nitrogens with one attached hydrogen (secondary N) is 1. The van der Waals surface area contributed by atoms with E-state index in [0.29, 0.717) is 5.56 Å². The first-order valence-corrected chi connectivity index (χ1v) is 11.3. The number of rotatable bonds is 7. The predicted octanol–water partition coefficient (Wildman–Crippen LogP) is 6.07. The molecule has 0 spiro atoms. The molecule has 2 aromatic carbocycles. The topological polar surface area (TPSA) is 89.3 Å². The summed E-state index contributed by atoms with van der Waals surface area (Å²) in [7, 11) is -4.03. The molecule has 0 radical (unpaired) electrons. The number of hydrogen-bond donors (Lipinski definition) is 1. The molecule has 0 aliphatic rings. The maximum absolute atomic E-state index is 13.5. The van der Waals surface area contributed by atoms with Crippen molar-refractivity contribution >= 4 is 21.4 Å². The molecule has 0 heterocycles. The highest BCUT2D eigenvalue weighted by Gasteiger charge is 2.29. The van der Waals surface area contributed by atoms with Gasteiger partial charge in [0.25, 0.3) is 15.7 Å². The fraction of sp³-hybridized carbons (Fsp3) is 0.455. The van der Waals surface area contributed by atoms with Crippen LogP contribution in [0.5, 0.6) is 0 Å². The zero-order chi connectivity index (χ0) is 22.1. The van der Waals surface area contributed by atoms with Crippen LogP contribution in [0.25, 0.3) is 0 Å². The van der Waals surface area contributed by atoms with E-state index in [1.807, 2.05) is 39.8 Å². The monoisotopic (exact) mass is 418 g/mol. The van der Waals surface area contributed by atoms with Crippen molar-refractivity contribution in [1.82, 2.24) is 0 Å². The molecule has 0 aliphatic carbocycles. The molecule has 29 heavy (non-hydrogen) atoms. The number of nitro groups is 1. The molecule has 6 nitrogen and oxygen atoms in total. The quantitative estimate of drug-likeness (QED) is 0.436. The average molecular weight is 419 g/mol. The lowest BCUT2D eigenvalue weighted by atomic mass is 9.89. The third kappa shape index (κ3) is 4.96. The zero-order valence-electron chi connectivity index (χ0n) is 18.1. The van der Waals surface area contributed by atoms with Gasteiger partial charge in [-0.2, -0.15) is 0 Å². The molecule has 0 aliphatic heterocycles. The summed E-state index contributed by atoms with van der Waals surface area (Å²) < 4.78 is 29.4. The van der Waals surface area contributed by atoms with E-state index in [-0.39, 0.29) is 34.0 Å². The summed E-state index contributed by atoms with van der Waals surface area (Å²) in [6, 6.07) is 8.35. The molecule has 0 saturated carbocycles. The van der Waals surface area contributed by atoms with Gasteiger partial charge in [0, 0.05) is 6.07 Å². The van der Waals surface area contributed by atoms with Gasteiger partial charge in [-0.05, 0) is 53.0 Å². The van der Waals surface area contributed by atoms with E-state index < -0.39 is 14.9 Å². The summed E-state index contributed by atoms with van der Waals surface area (Å²) in [4.78, 5) is 11.1. The Morgan fingerprint density at radius 2 is 1.41 bits per heavy atom. The number of hydrogen-bond acceptors (Lipinski definition) is 4. The Labute approximate surface area is 173 Å². The second-order valence-electron chi connectivity index (χ2n) is 8.38. The van der Waals surface area contributed by atoms with Gasteiger partial charge in [-0.3, -0.25) is 14.8 Å². The van der Waals surface area contributed by atoms with Crippen molar-refractivity contribution in [1.29, 1.82) is 0 Å². The van der Waals surface area contributed by atoms with Crippen molar-refractivity contribution in [2.75, 3.05) is 4.72 Å². The fourth-order valence-electron chi connectivity index (χ4n) is 3.27. The minimum absolute atomic E-state index is 0.0224. The SMILES string of the molecule is Cc1ccc(NS(=O)(=O)c2c(C(C)C)cc(C(C)C)cc2C(C)C)c([N+](=O)[O-])c1. The van der Waals surface area contributed by atoms with Crippen LogP contribution >= 0.6 is 0 Å². The Morgan fingerprint density at radius 3 is 1.83 bits per heavy atom. The second-order valence-corrected chi connectivity index (χ2v) is 10.00. The highest BCUT2D eigenvalue weighted by molar-refractivity contribution is 7.92. The molecule has 2 rings (SSSR count). The predicted molar refractivity (Wildman–Crippen MR) is 117 cm³/mol. The lowest BCUT2D eigenvalue weighted by Crippen LogP contribution is -2.19. The normalized spacial score (nSPS) is 12.1. The Hall–Kier alpha value is -2.41. The van der Waals surface area contributed by atoms with Gasteiger partial charge in [0.05, 0.1) is 9.82 Å². The molecule has 0 amide bonds. The van der Waals surface area contributed by atoms with Crippen molar-refractivity contribution in [2.24, 2.45) is 0 Å². The molecular weight excluding hydrogens is 388 g/mol. The van der Waals surface area contributed by atoms with Crippen LogP contribution < -0.4 is 4.72 Å². The highest BCUT2D eigenvalue weighted by atomic mass is 32.2. The Kier molecular flexibility index (Phi) is 6.73. The molecule has 0 unspecified atom stereocenters. The van der Waals surface area contributed by atoms with Crippen molar-refractivity contribution in [2.45, 2.75) is 71.1 Å². The first-order valence-electron chi connectivity index (χ1n) is 9.80. The largest absolute Gasteiger partial charge is 0.293 e. The fourth-order valence-corrected chi connectivity index (χ4v) is 5.05. The summed E-state index contributed by atoms with van der Waals surface area (Å²) in [5.74, 6) is 0.212. The van der Waals surface area contributed by atoms with Gasteiger partial charge in [-0.15, -0.1) is 0 Å². The molecule has 0 fully saturated rings. The minimum atomic E-state index is -4.03. The first-order chi connectivity index (χ1) is 13.3. The molecule has 2 aromatic rings. The van der Waals surface area contributed by atoms with Crippen LogP contribution in [-0.4, -0.2) is 13.3 Å². The maximum Gasteiger partial charge on any atom is 0.293 e. The number of benzene rings is 2. The van der Waals surface area contributed by atoms with Crippen molar-refractivity contribution in [3.05, 3.63) is 62.7 Å². The Morgan fingerprint density at radius 1 is 0.897 bits per heavy atom. The number of nitrogens with zero attached hydrogens (tertiary/aromatic N) is 1. The van der Waals surface area contributed by atoms with E-state index in [4.69, 9.17) is 0 Å². The van der Waals surface area contributed by atoms with Gasteiger partial charge in [-0.25, -0.2) is 8.42 Å². The summed E-state index contributed by atoms with van der Waals surface area (Å²) in [5, 5.41) is 11.4. The molecule has 158 valence electrons. The molecule has 0 atom stereocenters. The molecular formula is C22H30N2O4S. The van der Waals surface area contributed by atoms with Crippen LogP contribution in [0.1, 0.15) is 81.5 Å². The van der Waals surface area contributed by atoms with Crippen molar-refractivity contribution < 1.29 is 13.3 Å². The Bertz CT molecular complexity index is 996. The van der Waals surface area contributed by atoms with Crippen molar-refractivity contribution in [3.8, 4) is 0 Å². The van der Waals surface area contributed by atoms with Crippen LogP contribution in [0.3, 0.4) is 0 Å². The van der Waals surface area contributed by atoms with E-state index in [0.717, 1.165) is 16.7 Å². The molecule has 0 bridgehead atoms. The van der Waals surface area contributed by atoms with Gasteiger partial charge >= 0.3 is 0 Å². The molecule has 1 N–H and O–H groups in total. The highest BCUT2D eigenvalue weighted by Crippen LogP contribution is 2.37. The number of nitro benzene ring substituents is 1. The van der Waals surface area contributed by atoms with E-state index in [9.17, 15) is 18.5 Å². The smallest absolute Gasteiger partial charge is 0.273 e. The Balaban J connectivity index is 2.74. The minimum Gasteiger partial charge on any atom is -0.273 e. The van der Waals surface area contributed by atoms with E-state index in [1.54, 1.807) is 13.0 Å². The van der Waals surface area contributed by atoms with Crippen LogP contribution in [0, 0.1) is 17.0 Å². The zero-order valence-corrected chi connectivity index (χ0v) is 18.9. The van der Waals surface area contributed by atoms with E-state index in [2.05, 4.69) is 18.6 Å². The van der Waals surface area contributed by atoms with Crippen LogP contribution in [0.4, 0.5) is 11.4 Å². The molecule has 0 saturated heterocycles. The van der Waals surface area contributed by atoms with Gasteiger partial charge < -0.3 is 0 Å². The number of aryl methyl sites for hydroxylation is 1. The number of sulfonamides is 1. The third-order valence-corrected chi connectivity index (χ3v) is 6.44. The molecule has 0 aromatic heterocycles. The van der Waals surface area contributed by atoms with Crippen LogP contribution in [0.2, 0.25) is 0 Å². The average Bonchev–Trinajstić information content (AvgIpc) is 2.61. The van der Waals surface area contributed by atoms with E-state index in [1.165, 1.54) is 12.1 Å². The van der Waals surface area contributed by atoms with Crippen LogP contribution in [0.15, 0.2) is 35.2 Å². The third-order valence-electron chi connectivity index (χ3n) is 4.94.